The molecule has 30 heavy (non-hydrogen) atoms. The van der Waals surface area contributed by atoms with Gasteiger partial charge in [-0.3, -0.25) is 4.79 Å². The predicted octanol–water partition coefficient (Wildman–Crippen LogP) is 3.67. The first-order valence-electron chi connectivity index (χ1n) is 9.05. The number of nitrogens with zero attached hydrogens (tertiary/aromatic N) is 4. The van der Waals surface area contributed by atoms with Crippen molar-refractivity contribution in [2.24, 2.45) is 0 Å². The number of carbonyl (C=O) groups is 1. The standard InChI is InChI=1S/C19H16F3N5O2S/c20-19(21,22)29-15-10-8-14(9-11-15)27-18(24-25-26-27)30-16(12-4-2-1-3-5-12)17(28)23-13-6-7-13/h1-5,8-11,13,16H,6-7H2,(H,23,28)/t16-/m1/s1. The minimum Gasteiger partial charge on any atom is -0.406 e. The van der Waals surface area contributed by atoms with E-state index in [4.69, 9.17) is 0 Å². The summed E-state index contributed by atoms with van der Waals surface area (Å²) in [6.45, 7) is 0. The molecule has 1 fully saturated rings. The van der Waals surface area contributed by atoms with Crippen LogP contribution in [0.2, 0.25) is 0 Å². The number of nitrogens with one attached hydrogen (secondary N) is 1. The molecule has 1 aromatic heterocycles. The van der Waals surface area contributed by atoms with Gasteiger partial charge in [-0.1, -0.05) is 42.1 Å². The lowest BCUT2D eigenvalue weighted by Crippen LogP contribution is -2.29. The zero-order valence-electron chi connectivity index (χ0n) is 15.4. The molecule has 11 heteroatoms. The number of benzene rings is 2. The molecule has 1 heterocycles. The number of halogens is 3. The molecular formula is C19H16F3N5O2S. The normalized spacial score (nSPS) is 14.9. The molecule has 7 nitrogen and oxygen atoms in total. The second kappa shape index (κ2) is 8.34. The van der Waals surface area contributed by atoms with Crippen LogP contribution < -0.4 is 10.1 Å². The topological polar surface area (TPSA) is 81.9 Å². The molecule has 0 radical (unpaired) electrons. The van der Waals surface area contributed by atoms with Gasteiger partial charge in [0.1, 0.15) is 11.0 Å². The smallest absolute Gasteiger partial charge is 0.406 e. The maximum atomic E-state index is 12.8. The second-order valence-electron chi connectivity index (χ2n) is 6.61. The third-order valence-electron chi connectivity index (χ3n) is 4.24. The summed E-state index contributed by atoms with van der Waals surface area (Å²) >= 11 is 1.17. The zero-order chi connectivity index (χ0) is 21.1. The zero-order valence-corrected chi connectivity index (χ0v) is 16.2. The molecule has 1 N–H and O–H groups in total. The summed E-state index contributed by atoms with van der Waals surface area (Å²) in [6, 6.07) is 14.6. The minimum absolute atomic E-state index is 0.142. The van der Waals surface area contributed by atoms with Crippen LogP contribution in [0.15, 0.2) is 59.8 Å². The van der Waals surface area contributed by atoms with E-state index in [1.165, 1.54) is 40.7 Å². The van der Waals surface area contributed by atoms with Crippen molar-refractivity contribution in [3.63, 3.8) is 0 Å². The van der Waals surface area contributed by atoms with Crippen LogP contribution in [0.3, 0.4) is 0 Å². The van der Waals surface area contributed by atoms with E-state index in [0.717, 1.165) is 18.4 Å². The van der Waals surface area contributed by atoms with Crippen LogP contribution in [-0.2, 0) is 4.79 Å². The average Bonchev–Trinajstić information content (AvgIpc) is 3.40. The van der Waals surface area contributed by atoms with E-state index in [9.17, 15) is 18.0 Å². The number of carbonyl (C=O) groups excluding carboxylic acids is 1. The molecule has 1 amide bonds. The van der Waals surface area contributed by atoms with Gasteiger partial charge < -0.3 is 10.1 Å². The molecule has 1 aliphatic carbocycles. The highest BCUT2D eigenvalue weighted by atomic mass is 32.2. The predicted molar refractivity (Wildman–Crippen MR) is 102 cm³/mol. The van der Waals surface area contributed by atoms with E-state index in [2.05, 4.69) is 25.6 Å². The van der Waals surface area contributed by atoms with Crippen molar-refractivity contribution in [3.05, 3.63) is 60.2 Å². The molecule has 0 unspecified atom stereocenters. The molecule has 0 aliphatic heterocycles. The molecule has 4 rings (SSSR count). The minimum atomic E-state index is -4.77. The van der Waals surface area contributed by atoms with Gasteiger partial charge in [0.15, 0.2) is 0 Å². The Bertz CT molecular complexity index is 1010. The maximum absolute atomic E-state index is 12.8. The number of rotatable bonds is 7. The quantitative estimate of drug-likeness (QED) is 0.571. The molecule has 1 saturated carbocycles. The summed E-state index contributed by atoms with van der Waals surface area (Å²) < 4.78 is 42.3. The van der Waals surface area contributed by atoms with E-state index < -0.39 is 11.6 Å². The van der Waals surface area contributed by atoms with Gasteiger partial charge in [-0.05, 0) is 53.1 Å². The third kappa shape index (κ3) is 5.09. The number of alkyl halides is 3. The van der Waals surface area contributed by atoms with Crippen LogP contribution in [-0.4, -0.2) is 38.5 Å². The van der Waals surface area contributed by atoms with Crippen molar-refractivity contribution in [3.8, 4) is 11.4 Å². The Hall–Kier alpha value is -3.08. The van der Waals surface area contributed by atoms with Crippen LogP contribution in [0.5, 0.6) is 5.75 Å². The first kappa shape index (κ1) is 20.2. The third-order valence-corrected chi connectivity index (χ3v) is 5.43. The van der Waals surface area contributed by atoms with E-state index in [1.54, 1.807) is 0 Å². The summed E-state index contributed by atoms with van der Waals surface area (Å²) in [5.74, 6) is -0.489. The van der Waals surface area contributed by atoms with E-state index >= 15 is 0 Å². The first-order chi connectivity index (χ1) is 14.4. The largest absolute Gasteiger partial charge is 0.573 e. The van der Waals surface area contributed by atoms with Crippen LogP contribution in [0.4, 0.5) is 13.2 Å². The summed E-state index contributed by atoms with van der Waals surface area (Å²) in [5.41, 5.74) is 1.23. The highest BCUT2D eigenvalue weighted by Gasteiger charge is 2.32. The fourth-order valence-corrected chi connectivity index (χ4v) is 3.72. The number of amides is 1. The highest BCUT2D eigenvalue weighted by molar-refractivity contribution is 8.00. The van der Waals surface area contributed by atoms with Gasteiger partial charge in [0.2, 0.25) is 11.1 Å². The van der Waals surface area contributed by atoms with Crippen molar-refractivity contribution < 1.29 is 22.7 Å². The van der Waals surface area contributed by atoms with Crippen LogP contribution in [0, 0.1) is 0 Å². The number of ether oxygens (including phenoxy) is 1. The van der Waals surface area contributed by atoms with E-state index in [-0.39, 0.29) is 17.7 Å². The Labute approximate surface area is 173 Å². The van der Waals surface area contributed by atoms with Gasteiger partial charge >= 0.3 is 6.36 Å². The lowest BCUT2D eigenvalue weighted by atomic mass is 10.1. The number of thioether (sulfide) groups is 1. The van der Waals surface area contributed by atoms with Gasteiger partial charge in [-0.15, -0.1) is 18.3 Å². The van der Waals surface area contributed by atoms with E-state index in [0.29, 0.717) is 10.8 Å². The monoisotopic (exact) mass is 435 g/mol. The summed E-state index contributed by atoms with van der Waals surface area (Å²) in [5, 5.41) is 14.3. The second-order valence-corrected chi connectivity index (χ2v) is 7.68. The molecule has 1 aliphatic rings. The Morgan fingerprint density at radius 3 is 2.47 bits per heavy atom. The summed E-state index contributed by atoms with van der Waals surface area (Å²) in [4.78, 5) is 12.8. The number of hydrogen-bond donors (Lipinski definition) is 1. The Morgan fingerprint density at radius 1 is 1.13 bits per heavy atom. The SMILES string of the molecule is O=C(NC1CC1)[C@H](Sc1nnnn1-c1ccc(OC(F)(F)F)cc1)c1ccccc1. The van der Waals surface area contributed by atoms with Gasteiger partial charge in [0, 0.05) is 6.04 Å². The lowest BCUT2D eigenvalue weighted by Gasteiger charge is -2.16. The lowest BCUT2D eigenvalue weighted by molar-refractivity contribution is -0.274. The Balaban J connectivity index is 1.57. The number of tetrazole rings is 1. The molecule has 3 aromatic rings. The number of aromatic nitrogens is 4. The molecule has 1 atom stereocenters. The molecule has 0 bridgehead atoms. The summed E-state index contributed by atoms with van der Waals surface area (Å²) in [6.07, 6.45) is -2.85. The molecule has 156 valence electrons. The fraction of sp³-hybridized carbons (Fsp3) is 0.263. The van der Waals surface area contributed by atoms with Crippen LogP contribution in [0.1, 0.15) is 23.7 Å². The highest BCUT2D eigenvalue weighted by Crippen LogP contribution is 2.36. The molecule has 0 saturated heterocycles. The van der Waals surface area contributed by atoms with Crippen molar-refractivity contribution in [1.29, 1.82) is 0 Å². The first-order valence-corrected chi connectivity index (χ1v) is 9.93. The van der Waals surface area contributed by atoms with Crippen molar-refractivity contribution in [1.82, 2.24) is 25.5 Å². The van der Waals surface area contributed by atoms with Crippen molar-refractivity contribution in [2.45, 2.75) is 35.7 Å². The molecular weight excluding hydrogens is 419 g/mol. The van der Waals surface area contributed by atoms with E-state index in [1.807, 2.05) is 30.3 Å². The number of hydrogen-bond acceptors (Lipinski definition) is 6. The molecule has 0 spiro atoms. The van der Waals surface area contributed by atoms with Gasteiger partial charge in [0.05, 0.1) is 5.69 Å². The molecule has 2 aromatic carbocycles. The fourth-order valence-electron chi connectivity index (χ4n) is 2.71. The Kier molecular flexibility index (Phi) is 5.62. The Morgan fingerprint density at radius 2 is 1.83 bits per heavy atom. The van der Waals surface area contributed by atoms with Gasteiger partial charge in [-0.25, -0.2) is 0 Å². The van der Waals surface area contributed by atoms with Crippen molar-refractivity contribution in [2.75, 3.05) is 0 Å². The maximum Gasteiger partial charge on any atom is 0.573 e. The van der Waals surface area contributed by atoms with Gasteiger partial charge in [0.25, 0.3) is 0 Å². The van der Waals surface area contributed by atoms with Crippen LogP contribution >= 0.6 is 11.8 Å². The van der Waals surface area contributed by atoms with Crippen LogP contribution in [0.25, 0.3) is 5.69 Å². The summed E-state index contributed by atoms with van der Waals surface area (Å²) in [7, 11) is 0. The average molecular weight is 435 g/mol. The van der Waals surface area contributed by atoms with Crippen molar-refractivity contribution >= 4 is 17.7 Å². The van der Waals surface area contributed by atoms with Gasteiger partial charge in [-0.2, -0.15) is 4.68 Å².